The van der Waals surface area contributed by atoms with E-state index in [1.807, 2.05) is 24.3 Å². The normalized spacial score (nSPS) is 10.9. The Kier molecular flexibility index (Phi) is 4.94. The molecule has 0 aliphatic rings. The van der Waals surface area contributed by atoms with Crippen molar-refractivity contribution in [3.05, 3.63) is 69.6 Å². The monoisotopic (exact) mass is 349 g/mol. The molecule has 0 amide bonds. The van der Waals surface area contributed by atoms with E-state index in [0.717, 1.165) is 27.8 Å². The van der Waals surface area contributed by atoms with Crippen molar-refractivity contribution in [3.8, 4) is 11.1 Å². The lowest BCUT2D eigenvalue weighted by Gasteiger charge is -2.19. The lowest BCUT2D eigenvalue weighted by Crippen LogP contribution is -2.23. The van der Waals surface area contributed by atoms with E-state index < -0.39 is 0 Å². The third-order valence-electron chi connectivity index (χ3n) is 4.72. The maximum Gasteiger partial charge on any atom is 0.302 e. The number of hydrogen-bond donors (Lipinski definition) is 0. The molecule has 0 saturated heterocycles. The Balaban J connectivity index is 2.31. The van der Waals surface area contributed by atoms with Gasteiger partial charge in [0.25, 0.3) is 5.56 Å². The molecular formula is C22H23NO3. The van der Waals surface area contributed by atoms with Crippen molar-refractivity contribution in [3.63, 3.8) is 0 Å². The fourth-order valence-electron chi connectivity index (χ4n) is 3.49. The fourth-order valence-corrected chi connectivity index (χ4v) is 3.49. The van der Waals surface area contributed by atoms with Gasteiger partial charge in [-0.1, -0.05) is 42.0 Å². The van der Waals surface area contributed by atoms with Gasteiger partial charge in [0.2, 0.25) is 0 Å². The van der Waals surface area contributed by atoms with Crippen molar-refractivity contribution in [1.29, 1.82) is 0 Å². The summed E-state index contributed by atoms with van der Waals surface area (Å²) in [5.74, 6) is -0.316. The summed E-state index contributed by atoms with van der Waals surface area (Å²) in [5, 5.41) is 1.63. The quantitative estimate of drug-likeness (QED) is 0.671. The van der Waals surface area contributed by atoms with Crippen molar-refractivity contribution in [1.82, 2.24) is 4.57 Å². The number of fused-ring (bicyclic) bond motifs is 1. The summed E-state index contributed by atoms with van der Waals surface area (Å²) < 4.78 is 6.82. The maximum atomic E-state index is 12.8. The van der Waals surface area contributed by atoms with Crippen LogP contribution in [-0.4, -0.2) is 17.1 Å². The number of rotatable bonds is 4. The van der Waals surface area contributed by atoms with Gasteiger partial charge in [-0.3, -0.25) is 9.59 Å². The summed E-state index contributed by atoms with van der Waals surface area (Å²) in [4.78, 5) is 24.0. The van der Waals surface area contributed by atoms with E-state index in [1.54, 1.807) is 11.6 Å². The van der Waals surface area contributed by atoms with Crippen LogP contribution in [0, 0.1) is 13.8 Å². The van der Waals surface area contributed by atoms with Gasteiger partial charge in [-0.15, -0.1) is 0 Å². The second-order valence-corrected chi connectivity index (χ2v) is 6.64. The maximum absolute atomic E-state index is 12.8. The third-order valence-corrected chi connectivity index (χ3v) is 4.72. The SMILES string of the molecule is CC(=O)OCCc1c(-c2ccc(C)cc2C)c2ccccc2c(=O)n1C. The van der Waals surface area contributed by atoms with Crippen LogP contribution in [0.5, 0.6) is 0 Å². The fraction of sp³-hybridized carbons (Fsp3) is 0.273. The van der Waals surface area contributed by atoms with Gasteiger partial charge in [0.15, 0.2) is 0 Å². The van der Waals surface area contributed by atoms with E-state index in [2.05, 4.69) is 32.0 Å². The summed E-state index contributed by atoms with van der Waals surface area (Å²) >= 11 is 0. The topological polar surface area (TPSA) is 48.3 Å². The average Bonchev–Trinajstić information content (AvgIpc) is 2.60. The van der Waals surface area contributed by atoms with Crippen LogP contribution in [0.4, 0.5) is 0 Å². The standard InChI is InChI=1S/C22H23NO3/c1-14-9-10-17(15(2)13-14)21-18-7-5-6-8-19(18)22(25)23(4)20(21)11-12-26-16(3)24/h5-10,13H,11-12H2,1-4H3. The zero-order valence-electron chi connectivity index (χ0n) is 15.6. The zero-order chi connectivity index (χ0) is 18.8. The van der Waals surface area contributed by atoms with Crippen molar-refractivity contribution in [2.45, 2.75) is 27.2 Å². The van der Waals surface area contributed by atoms with Gasteiger partial charge in [-0.25, -0.2) is 0 Å². The van der Waals surface area contributed by atoms with Gasteiger partial charge in [-0.05, 0) is 36.4 Å². The number of carbonyl (C=O) groups excluding carboxylic acids is 1. The van der Waals surface area contributed by atoms with Gasteiger partial charge >= 0.3 is 5.97 Å². The van der Waals surface area contributed by atoms with Crippen molar-refractivity contribution >= 4 is 16.7 Å². The Morgan fingerprint density at radius 1 is 1.08 bits per heavy atom. The summed E-state index contributed by atoms with van der Waals surface area (Å²) in [6.07, 6.45) is 0.485. The number of ether oxygens (including phenoxy) is 1. The van der Waals surface area contributed by atoms with Gasteiger partial charge in [-0.2, -0.15) is 0 Å². The number of aryl methyl sites for hydroxylation is 2. The Morgan fingerprint density at radius 2 is 1.77 bits per heavy atom. The highest BCUT2D eigenvalue weighted by atomic mass is 16.5. The Labute approximate surface area is 153 Å². The molecule has 4 nitrogen and oxygen atoms in total. The molecule has 0 unspecified atom stereocenters. The Morgan fingerprint density at radius 3 is 2.42 bits per heavy atom. The summed E-state index contributed by atoms with van der Waals surface area (Å²) in [7, 11) is 1.78. The Bertz CT molecular complexity index is 1050. The van der Waals surface area contributed by atoms with E-state index in [4.69, 9.17) is 4.74 Å². The van der Waals surface area contributed by atoms with Gasteiger partial charge < -0.3 is 9.30 Å². The molecular weight excluding hydrogens is 326 g/mol. The molecule has 4 heteroatoms. The highest BCUT2D eigenvalue weighted by Crippen LogP contribution is 2.33. The minimum absolute atomic E-state index is 0.0352. The van der Waals surface area contributed by atoms with E-state index in [0.29, 0.717) is 11.8 Å². The molecule has 3 aromatic rings. The molecule has 0 saturated carbocycles. The number of nitrogens with zero attached hydrogens (tertiary/aromatic N) is 1. The first-order valence-corrected chi connectivity index (χ1v) is 8.71. The average molecular weight is 349 g/mol. The molecule has 0 N–H and O–H groups in total. The van der Waals surface area contributed by atoms with Crippen LogP contribution in [0.3, 0.4) is 0 Å². The molecule has 0 bridgehead atoms. The summed E-state index contributed by atoms with van der Waals surface area (Å²) in [6, 6.07) is 14.0. The van der Waals surface area contributed by atoms with E-state index in [1.165, 1.54) is 12.5 Å². The molecule has 0 radical (unpaired) electrons. The molecule has 0 atom stereocenters. The van der Waals surface area contributed by atoms with Crippen LogP contribution in [0.1, 0.15) is 23.7 Å². The molecule has 1 aromatic heterocycles. The minimum Gasteiger partial charge on any atom is -0.465 e. The number of carbonyl (C=O) groups is 1. The lowest BCUT2D eigenvalue weighted by molar-refractivity contribution is -0.140. The smallest absolute Gasteiger partial charge is 0.302 e. The van der Waals surface area contributed by atoms with Crippen molar-refractivity contribution in [2.24, 2.45) is 7.05 Å². The Hall–Kier alpha value is -2.88. The van der Waals surface area contributed by atoms with Crippen LogP contribution in [0.25, 0.3) is 21.9 Å². The molecule has 2 aromatic carbocycles. The van der Waals surface area contributed by atoms with Crippen molar-refractivity contribution < 1.29 is 9.53 Å². The van der Waals surface area contributed by atoms with E-state index in [-0.39, 0.29) is 18.1 Å². The number of esters is 1. The predicted octanol–water partition coefficient (Wildman–Crippen LogP) is 3.93. The second-order valence-electron chi connectivity index (χ2n) is 6.64. The molecule has 26 heavy (non-hydrogen) atoms. The molecule has 3 rings (SSSR count). The predicted molar refractivity (Wildman–Crippen MR) is 104 cm³/mol. The van der Waals surface area contributed by atoms with Gasteiger partial charge in [0, 0.05) is 37.0 Å². The molecule has 0 aliphatic carbocycles. The molecule has 1 heterocycles. The number of pyridine rings is 1. The number of hydrogen-bond acceptors (Lipinski definition) is 3. The first-order valence-electron chi connectivity index (χ1n) is 8.71. The zero-order valence-corrected chi connectivity index (χ0v) is 15.6. The highest BCUT2D eigenvalue weighted by molar-refractivity contribution is 5.98. The largest absolute Gasteiger partial charge is 0.465 e. The number of aromatic nitrogens is 1. The first kappa shape index (κ1) is 17.9. The van der Waals surface area contributed by atoms with Crippen LogP contribution in [-0.2, 0) is 23.0 Å². The summed E-state index contributed by atoms with van der Waals surface area (Å²) in [5.41, 5.74) is 5.32. The molecule has 0 aliphatic heterocycles. The number of benzene rings is 2. The molecule has 134 valence electrons. The lowest BCUT2D eigenvalue weighted by atomic mass is 9.92. The third kappa shape index (κ3) is 3.27. The van der Waals surface area contributed by atoms with Gasteiger partial charge in [0.1, 0.15) is 0 Å². The molecule has 0 fully saturated rings. The van der Waals surface area contributed by atoms with Gasteiger partial charge in [0.05, 0.1) is 6.61 Å². The van der Waals surface area contributed by atoms with Crippen LogP contribution >= 0.6 is 0 Å². The highest BCUT2D eigenvalue weighted by Gasteiger charge is 2.17. The first-order chi connectivity index (χ1) is 12.4. The molecule has 0 spiro atoms. The second kappa shape index (κ2) is 7.16. The van der Waals surface area contributed by atoms with Crippen LogP contribution in [0.15, 0.2) is 47.3 Å². The van der Waals surface area contributed by atoms with Crippen molar-refractivity contribution in [2.75, 3.05) is 6.61 Å². The minimum atomic E-state index is -0.316. The van der Waals surface area contributed by atoms with E-state index in [9.17, 15) is 9.59 Å². The van der Waals surface area contributed by atoms with E-state index >= 15 is 0 Å². The van der Waals surface area contributed by atoms with Crippen LogP contribution in [0.2, 0.25) is 0 Å². The summed E-state index contributed by atoms with van der Waals surface area (Å²) in [6.45, 7) is 5.79. The van der Waals surface area contributed by atoms with Crippen LogP contribution < -0.4 is 5.56 Å².